The molecule has 32 heavy (non-hydrogen) atoms. The van der Waals surface area contributed by atoms with Crippen molar-refractivity contribution in [2.24, 2.45) is 0 Å². The Morgan fingerprint density at radius 3 is 2.28 bits per heavy atom. The maximum absolute atomic E-state index is 13.5. The van der Waals surface area contributed by atoms with Gasteiger partial charge in [-0.15, -0.1) is 0 Å². The quantitative estimate of drug-likeness (QED) is 0.355. The topological polar surface area (TPSA) is 45.7 Å². The summed E-state index contributed by atoms with van der Waals surface area (Å²) in [5.74, 6) is 1.39. The van der Waals surface area contributed by atoms with Gasteiger partial charge in [0.1, 0.15) is 11.5 Å². The molecule has 0 fully saturated rings. The first-order valence-corrected chi connectivity index (χ1v) is 11.4. The number of likely N-dealkylation sites (N-methyl/N-ethyl adjacent to an activating group) is 1. The van der Waals surface area contributed by atoms with E-state index in [1.165, 1.54) is 5.56 Å². The van der Waals surface area contributed by atoms with Crippen LogP contribution in [0.2, 0.25) is 0 Å². The normalized spacial score (nSPS) is 11.2. The van der Waals surface area contributed by atoms with Crippen molar-refractivity contribution in [1.82, 2.24) is 9.88 Å². The molecule has 164 valence electrons. The second-order valence-electron chi connectivity index (χ2n) is 8.05. The van der Waals surface area contributed by atoms with Gasteiger partial charge in [-0.05, 0) is 81.5 Å². The van der Waals surface area contributed by atoms with E-state index in [2.05, 4.69) is 30.9 Å². The lowest BCUT2D eigenvalue weighted by atomic mass is 10.1. The fraction of sp³-hybridized carbons (Fsp3) is 0.231. The van der Waals surface area contributed by atoms with Crippen molar-refractivity contribution in [2.75, 3.05) is 32.1 Å². The summed E-state index contributed by atoms with van der Waals surface area (Å²) in [5, 5.41) is 0.727. The number of thiazole rings is 1. The van der Waals surface area contributed by atoms with Gasteiger partial charge in [0.2, 0.25) is 0 Å². The molecule has 0 aliphatic rings. The number of rotatable bonds is 7. The predicted octanol–water partition coefficient (Wildman–Crippen LogP) is 5.91. The molecular weight excluding hydrogens is 418 g/mol. The number of hydrogen-bond acceptors (Lipinski definition) is 5. The molecule has 0 saturated heterocycles. The monoisotopic (exact) mass is 445 g/mol. The van der Waals surface area contributed by atoms with Crippen LogP contribution in [0.4, 0.5) is 5.13 Å². The van der Waals surface area contributed by atoms with Crippen molar-refractivity contribution in [3.63, 3.8) is 0 Å². The lowest BCUT2D eigenvalue weighted by Crippen LogP contribution is -2.36. The Kier molecular flexibility index (Phi) is 6.53. The number of para-hydroxylation sites is 1. The van der Waals surface area contributed by atoms with Gasteiger partial charge in [-0.3, -0.25) is 9.69 Å². The number of hydrogen-bond donors (Lipinski definition) is 0. The van der Waals surface area contributed by atoms with Crippen molar-refractivity contribution < 1.29 is 9.53 Å². The summed E-state index contributed by atoms with van der Waals surface area (Å²) in [6.07, 6.45) is 0. The maximum Gasteiger partial charge on any atom is 0.260 e. The van der Waals surface area contributed by atoms with Crippen molar-refractivity contribution in [3.8, 4) is 11.5 Å². The van der Waals surface area contributed by atoms with Crippen LogP contribution in [0.15, 0.2) is 66.7 Å². The third-order valence-corrected chi connectivity index (χ3v) is 6.44. The van der Waals surface area contributed by atoms with E-state index in [1.54, 1.807) is 16.2 Å². The summed E-state index contributed by atoms with van der Waals surface area (Å²) in [5.41, 5.74) is 3.94. The molecule has 0 radical (unpaired) electrons. The third-order valence-electron chi connectivity index (χ3n) is 5.40. The molecule has 1 heterocycles. The van der Waals surface area contributed by atoms with Crippen LogP contribution in [-0.2, 0) is 0 Å². The van der Waals surface area contributed by atoms with Gasteiger partial charge in [-0.25, -0.2) is 4.98 Å². The zero-order valence-corrected chi connectivity index (χ0v) is 19.6. The molecule has 0 unspecified atom stereocenters. The SMILES string of the molecule is Cc1ccc2sc(N(CCN(C)C)C(=O)c3ccc(Oc4ccccc4)cc3)nc2c1C. The number of amides is 1. The number of aromatic nitrogens is 1. The van der Waals surface area contributed by atoms with Crippen LogP contribution in [0, 0.1) is 13.8 Å². The van der Waals surface area contributed by atoms with Gasteiger partial charge in [-0.1, -0.05) is 35.6 Å². The summed E-state index contributed by atoms with van der Waals surface area (Å²) in [7, 11) is 4.01. The summed E-state index contributed by atoms with van der Waals surface area (Å²) in [4.78, 5) is 22.2. The van der Waals surface area contributed by atoms with Crippen LogP contribution < -0.4 is 9.64 Å². The lowest BCUT2D eigenvalue weighted by molar-refractivity contribution is 0.0985. The molecule has 0 aliphatic carbocycles. The van der Waals surface area contributed by atoms with Crippen LogP contribution in [-0.4, -0.2) is 43.0 Å². The summed E-state index contributed by atoms with van der Waals surface area (Å²) < 4.78 is 6.95. The Morgan fingerprint density at radius 2 is 1.59 bits per heavy atom. The zero-order chi connectivity index (χ0) is 22.7. The minimum atomic E-state index is -0.0634. The number of nitrogens with zero attached hydrogens (tertiary/aromatic N) is 3. The molecular formula is C26H27N3O2S. The molecule has 0 spiro atoms. The second-order valence-corrected chi connectivity index (χ2v) is 9.06. The Bertz CT molecular complexity index is 1220. The number of anilines is 1. The number of ether oxygens (including phenoxy) is 1. The zero-order valence-electron chi connectivity index (χ0n) is 18.8. The smallest absolute Gasteiger partial charge is 0.260 e. The molecule has 0 atom stereocenters. The lowest BCUT2D eigenvalue weighted by Gasteiger charge is -2.22. The van der Waals surface area contributed by atoms with Gasteiger partial charge in [-0.2, -0.15) is 0 Å². The summed E-state index contributed by atoms with van der Waals surface area (Å²) in [6, 6.07) is 21.1. The number of carbonyl (C=O) groups excluding carboxylic acids is 1. The highest BCUT2D eigenvalue weighted by Crippen LogP contribution is 2.33. The molecule has 4 rings (SSSR count). The average Bonchev–Trinajstić information content (AvgIpc) is 3.22. The van der Waals surface area contributed by atoms with E-state index in [4.69, 9.17) is 9.72 Å². The van der Waals surface area contributed by atoms with Crippen LogP contribution in [0.25, 0.3) is 10.2 Å². The minimum absolute atomic E-state index is 0.0634. The molecule has 0 saturated carbocycles. The first kappa shape index (κ1) is 22.0. The summed E-state index contributed by atoms with van der Waals surface area (Å²) in [6.45, 7) is 5.47. The van der Waals surface area contributed by atoms with Crippen LogP contribution in [0.3, 0.4) is 0 Å². The molecule has 0 N–H and O–H groups in total. The molecule has 5 nitrogen and oxygen atoms in total. The molecule has 1 aromatic heterocycles. The Balaban J connectivity index is 1.61. The molecule has 0 aliphatic heterocycles. The van der Waals surface area contributed by atoms with E-state index >= 15 is 0 Å². The van der Waals surface area contributed by atoms with Gasteiger partial charge in [0.25, 0.3) is 5.91 Å². The van der Waals surface area contributed by atoms with Gasteiger partial charge < -0.3 is 9.64 Å². The number of aryl methyl sites for hydroxylation is 2. The Labute approximate surface area is 192 Å². The second kappa shape index (κ2) is 9.51. The van der Waals surface area contributed by atoms with E-state index in [0.717, 1.165) is 33.2 Å². The largest absolute Gasteiger partial charge is 0.457 e. The highest BCUT2D eigenvalue weighted by molar-refractivity contribution is 7.22. The van der Waals surface area contributed by atoms with Crippen LogP contribution in [0.1, 0.15) is 21.5 Å². The van der Waals surface area contributed by atoms with Gasteiger partial charge in [0, 0.05) is 18.7 Å². The Hall–Kier alpha value is -3.22. The van der Waals surface area contributed by atoms with Crippen LogP contribution >= 0.6 is 11.3 Å². The van der Waals surface area contributed by atoms with Gasteiger partial charge in [0.05, 0.1) is 10.2 Å². The minimum Gasteiger partial charge on any atom is -0.457 e. The molecule has 1 amide bonds. The van der Waals surface area contributed by atoms with Crippen molar-refractivity contribution in [3.05, 3.63) is 83.4 Å². The maximum atomic E-state index is 13.5. The van der Waals surface area contributed by atoms with E-state index in [9.17, 15) is 4.79 Å². The highest BCUT2D eigenvalue weighted by Gasteiger charge is 2.22. The number of carbonyl (C=O) groups is 1. The first-order valence-electron chi connectivity index (χ1n) is 10.6. The summed E-state index contributed by atoms with van der Waals surface area (Å²) >= 11 is 1.56. The van der Waals surface area contributed by atoms with Crippen molar-refractivity contribution in [1.29, 1.82) is 0 Å². The van der Waals surface area contributed by atoms with Gasteiger partial charge >= 0.3 is 0 Å². The fourth-order valence-corrected chi connectivity index (χ4v) is 4.41. The highest BCUT2D eigenvalue weighted by atomic mass is 32.1. The van der Waals surface area contributed by atoms with Gasteiger partial charge in [0.15, 0.2) is 5.13 Å². The number of benzene rings is 3. The standard InChI is InChI=1S/C26H27N3O2S/c1-18-10-15-23-24(19(18)2)27-26(32-23)29(17-16-28(3)4)25(30)20-11-13-22(14-12-20)31-21-8-6-5-7-9-21/h5-15H,16-17H2,1-4H3. The third kappa shape index (κ3) is 4.82. The van der Waals surface area contributed by atoms with E-state index < -0.39 is 0 Å². The molecule has 6 heteroatoms. The Morgan fingerprint density at radius 1 is 0.906 bits per heavy atom. The van der Waals surface area contributed by atoms with Crippen LogP contribution in [0.5, 0.6) is 11.5 Å². The van der Waals surface area contributed by atoms with E-state index in [0.29, 0.717) is 17.9 Å². The van der Waals surface area contributed by atoms with E-state index in [-0.39, 0.29) is 5.91 Å². The predicted molar refractivity (Wildman–Crippen MR) is 132 cm³/mol. The molecule has 3 aromatic carbocycles. The molecule has 0 bridgehead atoms. The van der Waals surface area contributed by atoms with Crippen molar-refractivity contribution >= 4 is 32.6 Å². The number of fused-ring (bicyclic) bond motifs is 1. The fourth-order valence-electron chi connectivity index (χ4n) is 3.36. The first-order chi connectivity index (χ1) is 15.4. The average molecular weight is 446 g/mol. The van der Waals surface area contributed by atoms with Crippen molar-refractivity contribution in [2.45, 2.75) is 13.8 Å². The van der Waals surface area contributed by atoms with E-state index in [1.807, 2.05) is 68.7 Å². The molecule has 4 aromatic rings.